The SMILES string of the molecule is O=C(Nc1cccc(C#CCO)c1)c1ccc(=O)[nH]n1. The molecule has 0 saturated carbocycles. The van der Waals surface area contributed by atoms with Gasteiger partial charge in [0.25, 0.3) is 11.5 Å². The number of amides is 1. The fraction of sp³-hybridized carbons (Fsp3) is 0.0714. The third-order valence-corrected chi connectivity index (χ3v) is 2.34. The molecule has 2 rings (SSSR count). The molecule has 0 radical (unpaired) electrons. The van der Waals surface area contributed by atoms with Crippen LogP contribution in [-0.2, 0) is 0 Å². The van der Waals surface area contributed by atoms with Gasteiger partial charge in [0.1, 0.15) is 12.3 Å². The van der Waals surface area contributed by atoms with Crippen molar-refractivity contribution >= 4 is 11.6 Å². The molecule has 0 aliphatic carbocycles. The Morgan fingerprint density at radius 3 is 2.90 bits per heavy atom. The van der Waals surface area contributed by atoms with Crippen LogP contribution in [0.4, 0.5) is 5.69 Å². The molecule has 0 saturated heterocycles. The smallest absolute Gasteiger partial charge is 0.276 e. The Hall–Kier alpha value is -2.91. The molecule has 6 heteroatoms. The monoisotopic (exact) mass is 269 g/mol. The minimum Gasteiger partial charge on any atom is -0.384 e. The van der Waals surface area contributed by atoms with E-state index in [1.165, 1.54) is 12.1 Å². The predicted molar refractivity (Wildman–Crippen MR) is 73.2 cm³/mol. The van der Waals surface area contributed by atoms with Gasteiger partial charge < -0.3 is 10.4 Å². The Morgan fingerprint density at radius 1 is 1.35 bits per heavy atom. The number of hydrogen-bond donors (Lipinski definition) is 3. The molecule has 6 nitrogen and oxygen atoms in total. The van der Waals surface area contributed by atoms with Crippen molar-refractivity contribution in [1.29, 1.82) is 0 Å². The zero-order chi connectivity index (χ0) is 14.4. The summed E-state index contributed by atoms with van der Waals surface area (Å²) in [7, 11) is 0. The molecule has 0 bridgehead atoms. The van der Waals surface area contributed by atoms with Crippen molar-refractivity contribution in [2.24, 2.45) is 0 Å². The summed E-state index contributed by atoms with van der Waals surface area (Å²) < 4.78 is 0. The second-order valence-electron chi connectivity index (χ2n) is 3.80. The number of carbonyl (C=O) groups is 1. The van der Waals surface area contributed by atoms with E-state index in [9.17, 15) is 9.59 Å². The van der Waals surface area contributed by atoms with Gasteiger partial charge in [-0.3, -0.25) is 9.59 Å². The summed E-state index contributed by atoms with van der Waals surface area (Å²) in [5, 5.41) is 17.1. The van der Waals surface area contributed by atoms with Gasteiger partial charge in [-0.05, 0) is 24.3 Å². The van der Waals surface area contributed by atoms with Gasteiger partial charge in [0.2, 0.25) is 0 Å². The molecule has 1 aromatic heterocycles. The van der Waals surface area contributed by atoms with Crippen LogP contribution in [0.3, 0.4) is 0 Å². The van der Waals surface area contributed by atoms with E-state index in [1.54, 1.807) is 24.3 Å². The van der Waals surface area contributed by atoms with E-state index >= 15 is 0 Å². The van der Waals surface area contributed by atoms with E-state index in [1.807, 2.05) is 0 Å². The van der Waals surface area contributed by atoms with Crippen LogP contribution in [0.25, 0.3) is 0 Å². The molecule has 0 aliphatic rings. The fourth-order valence-electron chi connectivity index (χ4n) is 1.48. The van der Waals surface area contributed by atoms with E-state index in [4.69, 9.17) is 5.11 Å². The molecule has 0 aliphatic heterocycles. The van der Waals surface area contributed by atoms with Gasteiger partial charge in [-0.25, -0.2) is 5.10 Å². The molecule has 1 aromatic carbocycles. The van der Waals surface area contributed by atoms with Crippen molar-refractivity contribution in [3.8, 4) is 11.8 Å². The first-order valence-corrected chi connectivity index (χ1v) is 5.76. The number of aromatic amines is 1. The normalized spacial score (nSPS) is 9.45. The van der Waals surface area contributed by atoms with E-state index < -0.39 is 5.91 Å². The molecular weight excluding hydrogens is 258 g/mol. The van der Waals surface area contributed by atoms with Gasteiger partial charge in [0.05, 0.1) is 0 Å². The summed E-state index contributed by atoms with van der Waals surface area (Å²) in [5.74, 6) is 4.83. The van der Waals surface area contributed by atoms with Crippen molar-refractivity contribution in [2.75, 3.05) is 11.9 Å². The van der Waals surface area contributed by atoms with Crippen LogP contribution < -0.4 is 10.9 Å². The van der Waals surface area contributed by atoms with Crippen LogP contribution in [0.5, 0.6) is 0 Å². The number of nitrogens with one attached hydrogen (secondary N) is 2. The number of hydrogen-bond acceptors (Lipinski definition) is 4. The average molecular weight is 269 g/mol. The summed E-state index contributed by atoms with van der Waals surface area (Å²) in [6.07, 6.45) is 0. The third kappa shape index (κ3) is 3.54. The first kappa shape index (κ1) is 13.5. The summed E-state index contributed by atoms with van der Waals surface area (Å²) in [6, 6.07) is 9.43. The van der Waals surface area contributed by atoms with Crippen molar-refractivity contribution in [3.05, 3.63) is 58.0 Å². The van der Waals surface area contributed by atoms with Gasteiger partial charge in [-0.15, -0.1) is 0 Å². The van der Waals surface area contributed by atoms with Crippen molar-refractivity contribution in [3.63, 3.8) is 0 Å². The zero-order valence-electron chi connectivity index (χ0n) is 10.4. The third-order valence-electron chi connectivity index (χ3n) is 2.34. The predicted octanol–water partition coefficient (Wildman–Crippen LogP) is 0.366. The van der Waals surface area contributed by atoms with Crippen LogP contribution in [0, 0.1) is 11.8 Å². The maximum absolute atomic E-state index is 11.9. The first-order valence-electron chi connectivity index (χ1n) is 5.76. The summed E-state index contributed by atoms with van der Waals surface area (Å²) >= 11 is 0. The largest absolute Gasteiger partial charge is 0.384 e. The van der Waals surface area contributed by atoms with Gasteiger partial charge in [0.15, 0.2) is 0 Å². The Balaban J connectivity index is 2.15. The van der Waals surface area contributed by atoms with Crippen LogP contribution in [0.15, 0.2) is 41.2 Å². The number of benzene rings is 1. The van der Waals surface area contributed by atoms with Crippen LogP contribution in [-0.4, -0.2) is 27.8 Å². The Bertz CT molecular complexity index is 721. The minimum absolute atomic E-state index is 0.108. The molecule has 1 amide bonds. The van der Waals surface area contributed by atoms with Gasteiger partial charge in [-0.2, -0.15) is 5.10 Å². The number of aromatic nitrogens is 2. The second kappa shape index (κ2) is 6.31. The molecule has 0 unspecified atom stereocenters. The van der Waals surface area contributed by atoms with Crippen LogP contribution >= 0.6 is 0 Å². The Labute approximate surface area is 114 Å². The highest BCUT2D eigenvalue weighted by molar-refractivity contribution is 6.02. The highest BCUT2D eigenvalue weighted by atomic mass is 16.2. The standard InChI is InChI=1S/C14H11N3O3/c18-8-2-4-10-3-1-5-11(9-10)15-14(20)12-6-7-13(19)17-16-12/h1,3,5-7,9,18H,8H2,(H,15,20)(H,17,19). The number of carbonyl (C=O) groups excluding carboxylic acids is 1. The van der Waals surface area contributed by atoms with Crippen LogP contribution in [0.1, 0.15) is 16.1 Å². The number of rotatable bonds is 2. The summed E-state index contributed by atoms with van der Waals surface area (Å²) in [5.41, 5.74) is 0.957. The number of aliphatic hydroxyl groups is 1. The molecule has 2 aromatic rings. The first-order chi connectivity index (χ1) is 9.69. The van der Waals surface area contributed by atoms with Crippen molar-refractivity contribution in [2.45, 2.75) is 0 Å². The molecule has 1 heterocycles. The molecule has 0 spiro atoms. The zero-order valence-corrected chi connectivity index (χ0v) is 10.4. The van der Waals surface area contributed by atoms with Crippen molar-refractivity contribution < 1.29 is 9.90 Å². The van der Waals surface area contributed by atoms with E-state index in [-0.39, 0.29) is 17.9 Å². The Kier molecular flexibility index (Phi) is 4.27. The van der Waals surface area contributed by atoms with Crippen LogP contribution in [0.2, 0.25) is 0 Å². The fourth-order valence-corrected chi connectivity index (χ4v) is 1.48. The topological polar surface area (TPSA) is 95.1 Å². The lowest BCUT2D eigenvalue weighted by Gasteiger charge is -2.04. The number of H-pyrrole nitrogens is 1. The minimum atomic E-state index is -0.437. The quantitative estimate of drug-likeness (QED) is 0.686. The summed E-state index contributed by atoms with van der Waals surface area (Å²) in [6.45, 7) is -0.224. The molecule has 100 valence electrons. The number of anilines is 1. The Morgan fingerprint density at radius 2 is 2.20 bits per heavy atom. The lowest BCUT2D eigenvalue weighted by Crippen LogP contribution is -2.17. The maximum atomic E-state index is 11.9. The van der Waals surface area contributed by atoms with Crippen molar-refractivity contribution in [1.82, 2.24) is 10.2 Å². The van der Waals surface area contributed by atoms with Gasteiger partial charge in [0, 0.05) is 17.3 Å². The summed E-state index contributed by atoms with van der Waals surface area (Å²) in [4.78, 5) is 22.7. The highest BCUT2D eigenvalue weighted by Gasteiger charge is 2.07. The molecule has 3 N–H and O–H groups in total. The average Bonchev–Trinajstić information content (AvgIpc) is 2.46. The molecule has 20 heavy (non-hydrogen) atoms. The number of nitrogens with zero attached hydrogens (tertiary/aromatic N) is 1. The van der Waals surface area contributed by atoms with E-state index in [0.717, 1.165) is 0 Å². The van der Waals surface area contributed by atoms with E-state index in [0.29, 0.717) is 11.3 Å². The van der Waals surface area contributed by atoms with Gasteiger partial charge >= 0.3 is 0 Å². The highest BCUT2D eigenvalue weighted by Crippen LogP contribution is 2.10. The molecule has 0 fully saturated rings. The molecular formula is C14H11N3O3. The maximum Gasteiger partial charge on any atom is 0.276 e. The second-order valence-corrected chi connectivity index (χ2v) is 3.80. The molecule has 0 atom stereocenters. The number of aliphatic hydroxyl groups excluding tert-OH is 1. The lowest BCUT2D eigenvalue weighted by molar-refractivity contribution is 0.102. The van der Waals surface area contributed by atoms with Gasteiger partial charge in [-0.1, -0.05) is 17.9 Å². The van der Waals surface area contributed by atoms with E-state index in [2.05, 4.69) is 27.4 Å². The lowest BCUT2D eigenvalue weighted by atomic mass is 10.2.